The maximum atomic E-state index is 12.0. The summed E-state index contributed by atoms with van der Waals surface area (Å²) in [6.07, 6.45) is 5.34. The Kier molecular flexibility index (Phi) is 8.46. The van der Waals surface area contributed by atoms with Crippen LogP contribution in [0.1, 0.15) is 48.5 Å². The lowest BCUT2D eigenvalue weighted by molar-refractivity contribution is -0.00293. The SMILES string of the molecule is CC1CCCCC1OCCNC(=O)c1ccc(CN)cc1.Cl. The van der Waals surface area contributed by atoms with Crippen molar-refractivity contribution in [3.05, 3.63) is 35.4 Å². The summed E-state index contributed by atoms with van der Waals surface area (Å²) in [5.74, 6) is 0.581. The molecule has 0 bridgehead atoms. The molecule has 0 aliphatic heterocycles. The molecule has 5 heteroatoms. The fourth-order valence-electron chi connectivity index (χ4n) is 2.80. The summed E-state index contributed by atoms with van der Waals surface area (Å²) in [4.78, 5) is 12.0. The molecule has 0 saturated heterocycles. The van der Waals surface area contributed by atoms with Gasteiger partial charge in [-0.2, -0.15) is 0 Å². The van der Waals surface area contributed by atoms with Crippen molar-refractivity contribution in [1.29, 1.82) is 0 Å². The van der Waals surface area contributed by atoms with Crippen LogP contribution >= 0.6 is 12.4 Å². The van der Waals surface area contributed by atoms with Crippen molar-refractivity contribution in [2.24, 2.45) is 11.7 Å². The van der Waals surface area contributed by atoms with E-state index in [-0.39, 0.29) is 18.3 Å². The van der Waals surface area contributed by atoms with Gasteiger partial charge in [-0.1, -0.05) is 31.9 Å². The molecule has 2 atom stereocenters. The molecule has 0 heterocycles. The minimum Gasteiger partial charge on any atom is -0.376 e. The van der Waals surface area contributed by atoms with E-state index < -0.39 is 0 Å². The van der Waals surface area contributed by atoms with Gasteiger partial charge in [0.1, 0.15) is 0 Å². The van der Waals surface area contributed by atoms with Crippen LogP contribution in [0, 0.1) is 5.92 Å². The zero-order chi connectivity index (χ0) is 15.1. The third kappa shape index (κ3) is 5.59. The van der Waals surface area contributed by atoms with Crippen LogP contribution in [0.5, 0.6) is 0 Å². The second-order valence-corrected chi connectivity index (χ2v) is 5.83. The molecule has 1 aromatic carbocycles. The Bertz CT molecular complexity index is 450. The molecule has 1 saturated carbocycles. The first-order valence-corrected chi connectivity index (χ1v) is 7.89. The van der Waals surface area contributed by atoms with E-state index in [4.69, 9.17) is 10.5 Å². The van der Waals surface area contributed by atoms with E-state index in [0.29, 0.717) is 37.3 Å². The average Bonchev–Trinajstić information content (AvgIpc) is 2.53. The van der Waals surface area contributed by atoms with Gasteiger partial charge in [0.15, 0.2) is 0 Å². The zero-order valence-corrected chi connectivity index (χ0v) is 14.0. The lowest BCUT2D eigenvalue weighted by Crippen LogP contribution is -2.31. The van der Waals surface area contributed by atoms with Crippen molar-refractivity contribution in [2.75, 3.05) is 13.2 Å². The van der Waals surface area contributed by atoms with E-state index in [2.05, 4.69) is 12.2 Å². The molecule has 0 spiro atoms. The number of nitrogens with two attached hydrogens (primary N) is 1. The van der Waals surface area contributed by atoms with E-state index in [1.54, 1.807) is 0 Å². The fraction of sp³-hybridized carbons (Fsp3) is 0.588. The highest BCUT2D eigenvalue weighted by atomic mass is 35.5. The largest absolute Gasteiger partial charge is 0.376 e. The van der Waals surface area contributed by atoms with Crippen molar-refractivity contribution >= 4 is 18.3 Å². The number of hydrogen-bond acceptors (Lipinski definition) is 3. The molecule has 0 radical (unpaired) electrons. The number of carbonyl (C=O) groups is 1. The van der Waals surface area contributed by atoms with Gasteiger partial charge in [-0.3, -0.25) is 4.79 Å². The number of rotatable bonds is 6. The normalized spacial score (nSPS) is 21.0. The van der Waals surface area contributed by atoms with Crippen LogP contribution in [0.4, 0.5) is 0 Å². The molecule has 1 aliphatic rings. The van der Waals surface area contributed by atoms with E-state index in [9.17, 15) is 4.79 Å². The summed E-state index contributed by atoms with van der Waals surface area (Å²) < 4.78 is 5.89. The second kappa shape index (κ2) is 9.82. The van der Waals surface area contributed by atoms with Gasteiger partial charge in [0.25, 0.3) is 5.91 Å². The van der Waals surface area contributed by atoms with Crippen molar-refractivity contribution in [1.82, 2.24) is 5.32 Å². The number of carbonyl (C=O) groups excluding carboxylic acids is 1. The van der Waals surface area contributed by atoms with Gasteiger partial charge < -0.3 is 15.8 Å². The molecule has 2 rings (SSSR count). The lowest BCUT2D eigenvalue weighted by atomic mass is 9.88. The molecule has 0 aromatic heterocycles. The Morgan fingerprint density at radius 3 is 2.59 bits per heavy atom. The fourth-order valence-corrected chi connectivity index (χ4v) is 2.80. The van der Waals surface area contributed by atoms with Crippen molar-refractivity contribution < 1.29 is 9.53 Å². The summed E-state index contributed by atoms with van der Waals surface area (Å²) >= 11 is 0. The average molecular weight is 327 g/mol. The van der Waals surface area contributed by atoms with Crippen molar-refractivity contribution in [3.63, 3.8) is 0 Å². The molecule has 1 fully saturated rings. The molecule has 4 nitrogen and oxygen atoms in total. The van der Waals surface area contributed by atoms with Crippen LogP contribution in [0.3, 0.4) is 0 Å². The summed E-state index contributed by atoms with van der Waals surface area (Å²) in [5.41, 5.74) is 7.23. The van der Waals surface area contributed by atoms with Gasteiger partial charge in [0.05, 0.1) is 12.7 Å². The molecular weight excluding hydrogens is 300 g/mol. The molecule has 22 heavy (non-hydrogen) atoms. The first-order chi connectivity index (χ1) is 10.2. The predicted octanol–water partition coefficient (Wildman–Crippen LogP) is 2.89. The Morgan fingerprint density at radius 1 is 1.27 bits per heavy atom. The standard InChI is InChI=1S/C17H26N2O2.ClH/c1-13-4-2-3-5-16(13)21-11-10-19-17(20)15-8-6-14(12-18)7-9-15;/h6-9,13,16H,2-5,10-12,18H2,1H3,(H,19,20);1H. The maximum absolute atomic E-state index is 12.0. The first kappa shape index (κ1) is 18.9. The van der Waals surface area contributed by atoms with E-state index in [1.807, 2.05) is 24.3 Å². The smallest absolute Gasteiger partial charge is 0.251 e. The minimum atomic E-state index is -0.0566. The first-order valence-electron chi connectivity index (χ1n) is 7.89. The Hall–Kier alpha value is -1.10. The Morgan fingerprint density at radius 2 is 1.95 bits per heavy atom. The van der Waals surface area contributed by atoms with Crippen LogP contribution in [0.2, 0.25) is 0 Å². The number of amides is 1. The highest BCUT2D eigenvalue weighted by molar-refractivity contribution is 5.94. The number of nitrogens with one attached hydrogen (secondary N) is 1. The topological polar surface area (TPSA) is 64.3 Å². The maximum Gasteiger partial charge on any atom is 0.251 e. The molecule has 2 unspecified atom stereocenters. The molecular formula is C17H27ClN2O2. The van der Waals surface area contributed by atoms with Crippen LogP contribution < -0.4 is 11.1 Å². The lowest BCUT2D eigenvalue weighted by Gasteiger charge is -2.28. The van der Waals surface area contributed by atoms with Crippen LogP contribution in [-0.4, -0.2) is 25.2 Å². The number of benzene rings is 1. The summed E-state index contributed by atoms with van der Waals surface area (Å²) in [6.45, 7) is 3.89. The third-order valence-corrected chi connectivity index (χ3v) is 4.20. The molecule has 1 aromatic rings. The van der Waals surface area contributed by atoms with Gasteiger partial charge in [-0.15, -0.1) is 12.4 Å². The highest BCUT2D eigenvalue weighted by Crippen LogP contribution is 2.25. The van der Waals surface area contributed by atoms with Gasteiger partial charge in [0.2, 0.25) is 0 Å². The van der Waals surface area contributed by atoms with Crippen LogP contribution in [0.15, 0.2) is 24.3 Å². The monoisotopic (exact) mass is 326 g/mol. The highest BCUT2D eigenvalue weighted by Gasteiger charge is 2.21. The Balaban J connectivity index is 0.00000242. The van der Waals surface area contributed by atoms with Crippen molar-refractivity contribution in [3.8, 4) is 0 Å². The quantitative estimate of drug-likeness (QED) is 0.790. The summed E-state index contributed by atoms with van der Waals surface area (Å²) in [7, 11) is 0. The van der Waals surface area contributed by atoms with Crippen LogP contribution in [-0.2, 0) is 11.3 Å². The van der Waals surface area contributed by atoms with Gasteiger partial charge in [0, 0.05) is 18.7 Å². The molecule has 1 aliphatic carbocycles. The van der Waals surface area contributed by atoms with E-state index >= 15 is 0 Å². The molecule has 124 valence electrons. The van der Waals surface area contributed by atoms with E-state index in [1.165, 1.54) is 19.3 Å². The van der Waals surface area contributed by atoms with Crippen molar-refractivity contribution in [2.45, 2.75) is 45.3 Å². The van der Waals surface area contributed by atoms with E-state index in [0.717, 1.165) is 12.0 Å². The summed E-state index contributed by atoms with van der Waals surface area (Å²) in [5, 5.41) is 2.90. The Labute approximate surface area is 139 Å². The number of ether oxygens (including phenoxy) is 1. The molecule has 3 N–H and O–H groups in total. The summed E-state index contributed by atoms with van der Waals surface area (Å²) in [6, 6.07) is 7.38. The molecule has 1 amide bonds. The number of halogens is 1. The minimum absolute atomic E-state index is 0. The zero-order valence-electron chi connectivity index (χ0n) is 13.2. The third-order valence-electron chi connectivity index (χ3n) is 4.20. The number of hydrogen-bond donors (Lipinski definition) is 2. The predicted molar refractivity (Wildman–Crippen MR) is 91.3 cm³/mol. The second-order valence-electron chi connectivity index (χ2n) is 5.83. The van der Waals surface area contributed by atoms with Gasteiger partial charge >= 0.3 is 0 Å². The van der Waals surface area contributed by atoms with Crippen LogP contribution in [0.25, 0.3) is 0 Å². The van der Waals surface area contributed by atoms with Gasteiger partial charge in [-0.25, -0.2) is 0 Å². The van der Waals surface area contributed by atoms with Gasteiger partial charge in [-0.05, 0) is 36.5 Å².